The molecule has 0 fully saturated rings. The third-order valence-corrected chi connectivity index (χ3v) is 1.46. The third-order valence-electron chi connectivity index (χ3n) is 1.46. The van der Waals surface area contributed by atoms with Gasteiger partial charge in [0, 0.05) is 0 Å². The molecule has 86 valence electrons. The molecule has 0 unspecified atom stereocenters. The third kappa shape index (κ3) is 4.65. The van der Waals surface area contributed by atoms with E-state index in [-0.39, 0.29) is 12.4 Å². The van der Waals surface area contributed by atoms with Crippen LogP contribution < -0.4 is 0 Å². The first-order valence-electron chi connectivity index (χ1n) is 5.14. The summed E-state index contributed by atoms with van der Waals surface area (Å²) in [5.41, 5.74) is 0. The standard InChI is InChI=1S/C9H12O4.C2H6/c1-2-5-12-9(11)8-4-3-7(6-10)13-8;1-2/h3-4,10H,2,5-6H2,1H3;1-2H3. The lowest BCUT2D eigenvalue weighted by Gasteiger charge is -1.98. The van der Waals surface area contributed by atoms with Crippen molar-refractivity contribution in [1.29, 1.82) is 0 Å². The molecule has 15 heavy (non-hydrogen) atoms. The fraction of sp³-hybridized carbons (Fsp3) is 0.545. The summed E-state index contributed by atoms with van der Waals surface area (Å²) in [7, 11) is 0. The Kier molecular flexibility index (Phi) is 7.36. The van der Waals surface area contributed by atoms with Crippen LogP contribution in [0.5, 0.6) is 0 Å². The summed E-state index contributed by atoms with van der Waals surface area (Å²) in [5, 5.41) is 8.66. The molecule has 0 bridgehead atoms. The molecule has 0 saturated heterocycles. The minimum Gasteiger partial charge on any atom is -0.460 e. The summed E-state index contributed by atoms with van der Waals surface area (Å²) < 4.78 is 9.79. The Morgan fingerprint density at radius 3 is 2.60 bits per heavy atom. The Hall–Kier alpha value is -1.29. The average Bonchev–Trinajstić information content (AvgIpc) is 2.77. The molecule has 0 spiro atoms. The van der Waals surface area contributed by atoms with Gasteiger partial charge in [0.1, 0.15) is 12.4 Å². The highest BCUT2D eigenvalue weighted by atomic mass is 16.5. The van der Waals surface area contributed by atoms with E-state index in [9.17, 15) is 4.79 Å². The molecule has 4 nitrogen and oxygen atoms in total. The molecule has 0 aromatic carbocycles. The highest BCUT2D eigenvalue weighted by molar-refractivity contribution is 5.86. The van der Waals surface area contributed by atoms with E-state index in [0.29, 0.717) is 12.4 Å². The Morgan fingerprint density at radius 2 is 2.13 bits per heavy atom. The van der Waals surface area contributed by atoms with Gasteiger partial charge in [-0.05, 0) is 18.6 Å². The van der Waals surface area contributed by atoms with Gasteiger partial charge >= 0.3 is 5.97 Å². The van der Waals surface area contributed by atoms with Crippen LogP contribution in [0, 0.1) is 0 Å². The zero-order valence-electron chi connectivity index (χ0n) is 9.45. The lowest BCUT2D eigenvalue weighted by molar-refractivity contribution is 0.0464. The number of aliphatic hydroxyl groups excluding tert-OH is 1. The van der Waals surface area contributed by atoms with Crippen LogP contribution in [-0.4, -0.2) is 17.7 Å². The van der Waals surface area contributed by atoms with Crippen molar-refractivity contribution in [3.8, 4) is 0 Å². The number of carbonyl (C=O) groups is 1. The van der Waals surface area contributed by atoms with Crippen LogP contribution in [0.15, 0.2) is 16.5 Å². The van der Waals surface area contributed by atoms with Crippen molar-refractivity contribution in [3.63, 3.8) is 0 Å². The highest BCUT2D eigenvalue weighted by Gasteiger charge is 2.11. The molecule has 1 aromatic heterocycles. The van der Waals surface area contributed by atoms with Crippen LogP contribution >= 0.6 is 0 Å². The molecular weight excluding hydrogens is 196 g/mol. The number of ether oxygens (including phenoxy) is 1. The molecular formula is C11H18O4. The smallest absolute Gasteiger partial charge is 0.374 e. The van der Waals surface area contributed by atoms with E-state index in [2.05, 4.69) is 0 Å². The van der Waals surface area contributed by atoms with E-state index in [0.717, 1.165) is 6.42 Å². The summed E-state index contributed by atoms with van der Waals surface area (Å²) in [4.78, 5) is 11.1. The van der Waals surface area contributed by atoms with Crippen molar-refractivity contribution in [2.45, 2.75) is 33.8 Å². The number of esters is 1. The highest BCUT2D eigenvalue weighted by Crippen LogP contribution is 2.08. The van der Waals surface area contributed by atoms with Crippen molar-refractivity contribution in [2.75, 3.05) is 6.61 Å². The van der Waals surface area contributed by atoms with Crippen molar-refractivity contribution >= 4 is 5.97 Å². The monoisotopic (exact) mass is 214 g/mol. The second kappa shape index (κ2) is 8.05. The first-order chi connectivity index (χ1) is 7.27. The second-order valence-electron chi connectivity index (χ2n) is 2.56. The fourth-order valence-electron chi connectivity index (χ4n) is 0.838. The SMILES string of the molecule is CC.CCCOC(=O)c1ccc(CO)o1. The fourth-order valence-corrected chi connectivity index (χ4v) is 0.838. The minimum absolute atomic E-state index is 0.137. The summed E-state index contributed by atoms with van der Waals surface area (Å²) in [6.07, 6.45) is 0.777. The molecule has 1 aromatic rings. The van der Waals surface area contributed by atoms with E-state index in [1.54, 1.807) is 6.07 Å². The number of aliphatic hydroxyl groups is 1. The maximum Gasteiger partial charge on any atom is 0.374 e. The number of hydrogen-bond donors (Lipinski definition) is 1. The zero-order chi connectivity index (χ0) is 11.7. The molecule has 1 heterocycles. The molecule has 0 radical (unpaired) electrons. The first kappa shape index (κ1) is 13.7. The topological polar surface area (TPSA) is 59.7 Å². The number of furan rings is 1. The van der Waals surface area contributed by atoms with E-state index >= 15 is 0 Å². The lowest BCUT2D eigenvalue weighted by Crippen LogP contribution is -2.04. The first-order valence-corrected chi connectivity index (χ1v) is 5.14. The molecule has 0 aliphatic carbocycles. The molecule has 4 heteroatoms. The number of hydrogen-bond acceptors (Lipinski definition) is 4. The Balaban J connectivity index is 0.000000921. The molecule has 0 saturated carbocycles. The van der Waals surface area contributed by atoms with E-state index in [1.807, 2.05) is 20.8 Å². The van der Waals surface area contributed by atoms with Crippen LogP contribution in [0.2, 0.25) is 0 Å². The van der Waals surface area contributed by atoms with Gasteiger partial charge in [0.25, 0.3) is 0 Å². The Morgan fingerprint density at radius 1 is 1.47 bits per heavy atom. The van der Waals surface area contributed by atoms with E-state index in [1.165, 1.54) is 6.07 Å². The van der Waals surface area contributed by atoms with Crippen LogP contribution in [0.25, 0.3) is 0 Å². The maximum atomic E-state index is 11.1. The predicted octanol–water partition coefficient (Wildman–Crippen LogP) is 2.36. The van der Waals surface area contributed by atoms with Gasteiger partial charge in [-0.15, -0.1) is 0 Å². The van der Waals surface area contributed by atoms with Crippen molar-refractivity contribution in [2.24, 2.45) is 0 Å². The van der Waals surface area contributed by atoms with Gasteiger partial charge < -0.3 is 14.3 Å². The summed E-state index contributed by atoms with van der Waals surface area (Å²) in [6.45, 7) is 6.09. The predicted molar refractivity (Wildman–Crippen MR) is 56.6 cm³/mol. The van der Waals surface area contributed by atoms with Crippen molar-refractivity contribution < 1.29 is 19.1 Å². The lowest BCUT2D eigenvalue weighted by atomic mass is 10.4. The summed E-state index contributed by atoms with van der Waals surface area (Å²) >= 11 is 0. The van der Waals surface area contributed by atoms with Crippen LogP contribution in [0.1, 0.15) is 43.5 Å². The Labute approximate surface area is 89.9 Å². The summed E-state index contributed by atoms with van der Waals surface area (Å²) in [5.74, 6) is 0.0162. The molecule has 1 N–H and O–H groups in total. The van der Waals surface area contributed by atoms with Gasteiger partial charge in [0.15, 0.2) is 0 Å². The Bertz CT molecular complexity index is 278. The quantitative estimate of drug-likeness (QED) is 0.781. The summed E-state index contributed by atoms with van der Waals surface area (Å²) in [6, 6.07) is 3.03. The molecule has 0 atom stereocenters. The number of rotatable bonds is 4. The van der Waals surface area contributed by atoms with Gasteiger partial charge in [0.05, 0.1) is 6.61 Å². The van der Waals surface area contributed by atoms with Gasteiger partial charge in [-0.1, -0.05) is 20.8 Å². The molecule has 0 aliphatic rings. The van der Waals surface area contributed by atoms with Crippen molar-refractivity contribution in [1.82, 2.24) is 0 Å². The van der Waals surface area contributed by atoms with Gasteiger partial charge in [-0.25, -0.2) is 4.79 Å². The normalized spacial score (nSPS) is 9.07. The van der Waals surface area contributed by atoms with Gasteiger partial charge in [-0.3, -0.25) is 0 Å². The minimum atomic E-state index is -0.485. The largest absolute Gasteiger partial charge is 0.460 e. The number of carbonyl (C=O) groups excluding carboxylic acids is 1. The van der Waals surface area contributed by atoms with E-state index < -0.39 is 5.97 Å². The van der Waals surface area contributed by atoms with Crippen LogP contribution in [0.4, 0.5) is 0 Å². The zero-order valence-corrected chi connectivity index (χ0v) is 9.45. The average molecular weight is 214 g/mol. The molecule has 0 amide bonds. The molecule has 0 aliphatic heterocycles. The van der Waals surface area contributed by atoms with Gasteiger partial charge in [-0.2, -0.15) is 0 Å². The van der Waals surface area contributed by atoms with Crippen LogP contribution in [0.3, 0.4) is 0 Å². The van der Waals surface area contributed by atoms with Gasteiger partial charge in [0.2, 0.25) is 5.76 Å². The van der Waals surface area contributed by atoms with E-state index in [4.69, 9.17) is 14.3 Å². The molecule has 1 rings (SSSR count). The van der Waals surface area contributed by atoms with Crippen molar-refractivity contribution in [3.05, 3.63) is 23.7 Å². The second-order valence-corrected chi connectivity index (χ2v) is 2.56. The van der Waals surface area contributed by atoms with Crippen LogP contribution in [-0.2, 0) is 11.3 Å². The maximum absolute atomic E-state index is 11.1.